The molecule has 0 radical (unpaired) electrons. The van der Waals surface area contributed by atoms with E-state index in [2.05, 4.69) is 5.32 Å². The van der Waals surface area contributed by atoms with Crippen molar-refractivity contribution in [2.24, 2.45) is 0 Å². The molecule has 1 aliphatic rings. The van der Waals surface area contributed by atoms with Gasteiger partial charge in [0.05, 0.1) is 11.6 Å². The summed E-state index contributed by atoms with van der Waals surface area (Å²) in [5, 5.41) is 2.61. The molecule has 0 spiro atoms. The number of thioether (sulfide) groups is 1. The highest BCUT2D eigenvalue weighted by atomic mass is 32.2. The van der Waals surface area contributed by atoms with Crippen molar-refractivity contribution in [1.29, 1.82) is 0 Å². The first-order valence-electron chi connectivity index (χ1n) is 6.93. The lowest BCUT2D eigenvalue weighted by Crippen LogP contribution is -2.33. The predicted octanol–water partition coefficient (Wildman–Crippen LogP) is 3.93. The smallest absolute Gasteiger partial charge is 0.295 e. The van der Waals surface area contributed by atoms with Gasteiger partial charge in [-0.15, -0.1) is 0 Å². The van der Waals surface area contributed by atoms with Gasteiger partial charge in [-0.3, -0.25) is 14.5 Å². The second-order valence-corrected chi connectivity index (χ2v) is 5.86. The summed E-state index contributed by atoms with van der Waals surface area (Å²) in [4.78, 5) is 25.8. The molecule has 6 heteroatoms. The van der Waals surface area contributed by atoms with Crippen molar-refractivity contribution in [2.75, 3.05) is 12.0 Å². The molecule has 0 saturated carbocycles. The van der Waals surface area contributed by atoms with Crippen molar-refractivity contribution in [3.05, 3.63) is 70.9 Å². The molecule has 2 aromatic carbocycles. The number of halogens is 1. The molecular formula is C17H13FN2O2S. The molecule has 23 heavy (non-hydrogen) atoms. The van der Waals surface area contributed by atoms with E-state index in [0.717, 1.165) is 22.2 Å². The van der Waals surface area contributed by atoms with Crippen LogP contribution in [0.15, 0.2) is 59.5 Å². The SMILES string of the molecule is O=C1SC(=Cc2ccccc2)C(=O)N1CNc1ccc(F)cc1. The van der Waals surface area contributed by atoms with Gasteiger partial charge in [-0.25, -0.2) is 4.39 Å². The summed E-state index contributed by atoms with van der Waals surface area (Å²) in [5.41, 5.74) is 1.50. The minimum Gasteiger partial charge on any atom is -0.367 e. The van der Waals surface area contributed by atoms with Crippen LogP contribution >= 0.6 is 11.8 Å². The van der Waals surface area contributed by atoms with E-state index in [4.69, 9.17) is 0 Å². The summed E-state index contributed by atoms with van der Waals surface area (Å²) in [6.07, 6.45) is 1.70. The average Bonchev–Trinajstić information content (AvgIpc) is 2.82. The number of hydrogen-bond acceptors (Lipinski definition) is 4. The molecule has 0 unspecified atom stereocenters. The van der Waals surface area contributed by atoms with Crippen LogP contribution in [0.2, 0.25) is 0 Å². The maximum atomic E-state index is 12.9. The van der Waals surface area contributed by atoms with Crippen LogP contribution in [0.5, 0.6) is 0 Å². The number of benzene rings is 2. The number of imide groups is 1. The number of amides is 2. The van der Waals surface area contributed by atoms with Gasteiger partial charge in [-0.1, -0.05) is 30.3 Å². The summed E-state index contributed by atoms with van der Waals surface area (Å²) >= 11 is 0.913. The Labute approximate surface area is 137 Å². The molecular weight excluding hydrogens is 315 g/mol. The summed E-state index contributed by atoms with van der Waals surface area (Å²) in [5.74, 6) is -0.675. The number of nitrogens with one attached hydrogen (secondary N) is 1. The van der Waals surface area contributed by atoms with Crippen LogP contribution in [0.1, 0.15) is 5.56 Å². The van der Waals surface area contributed by atoms with Crippen molar-refractivity contribution in [3.63, 3.8) is 0 Å². The fourth-order valence-corrected chi connectivity index (χ4v) is 2.91. The van der Waals surface area contributed by atoms with Crippen molar-refractivity contribution in [3.8, 4) is 0 Å². The van der Waals surface area contributed by atoms with Gasteiger partial charge in [0.25, 0.3) is 11.1 Å². The first-order chi connectivity index (χ1) is 11.1. The second-order valence-electron chi connectivity index (χ2n) is 4.86. The Morgan fingerprint density at radius 2 is 1.74 bits per heavy atom. The molecule has 4 nitrogen and oxygen atoms in total. The Kier molecular flexibility index (Phi) is 4.43. The Morgan fingerprint density at radius 3 is 2.43 bits per heavy atom. The maximum Gasteiger partial charge on any atom is 0.295 e. The normalized spacial score (nSPS) is 16.2. The summed E-state index contributed by atoms with van der Waals surface area (Å²) in [6, 6.07) is 15.1. The highest BCUT2D eigenvalue weighted by Crippen LogP contribution is 2.32. The number of nitrogens with zero attached hydrogens (tertiary/aromatic N) is 1. The van der Waals surface area contributed by atoms with Gasteiger partial charge in [0, 0.05) is 5.69 Å². The Morgan fingerprint density at radius 1 is 1.04 bits per heavy atom. The largest absolute Gasteiger partial charge is 0.367 e. The monoisotopic (exact) mass is 328 g/mol. The van der Waals surface area contributed by atoms with Crippen LogP contribution in [0.25, 0.3) is 6.08 Å². The van der Waals surface area contributed by atoms with Gasteiger partial charge in [-0.05, 0) is 47.7 Å². The van der Waals surface area contributed by atoms with E-state index >= 15 is 0 Å². The van der Waals surface area contributed by atoms with E-state index < -0.39 is 0 Å². The standard InChI is InChI=1S/C17H13FN2O2S/c18-13-6-8-14(9-7-13)19-11-20-16(21)15(23-17(20)22)10-12-4-2-1-3-5-12/h1-10,19H,11H2. The zero-order valence-corrected chi connectivity index (χ0v) is 12.8. The Balaban J connectivity index is 1.69. The lowest BCUT2D eigenvalue weighted by atomic mass is 10.2. The van der Waals surface area contributed by atoms with Crippen molar-refractivity contribution in [2.45, 2.75) is 0 Å². The second kappa shape index (κ2) is 6.66. The third-order valence-corrected chi connectivity index (χ3v) is 4.16. The van der Waals surface area contributed by atoms with E-state index in [9.17, 15) is 14.0 Å². The van der Waals surface area contributed by atoms with Crippen LogP contribution < -0.4 is 5.32 Å². The summed E-state index contributed by atoms with van der Waals surface area (Å²) < 4.78 is 12.9. The Bertz CT molecular complexity index is 760. The highest BCUT2D eigenvalue weighted by Gasteiger charge is 2.34. The quantitative estimate of drug-likeness (QED) is 0.864. The lowest BCUT2D eigenvalue weighted by Gasteiger charge is -2.14. The van der Waals surface area contributed by atoms with Gasteiger partial charge in [0.15, 0.2) is 0 Å². The number of anilines is 1. The van der Waals surface area contributed by atoms with Crippen molar-refractivity contribution in [1.82, 2.24) is 4.90 Å². The zero-order chi connectivity index (χ0) is 16.2. The fourth-order valence-electron chi connectivity index (χ4n) is 2.08. The molecule has 0 aliphatic carbocycles. The highest BCUT2D eigenvalue weighted by molar-refractivity contribution is 8.18. The van der Waals surface area contributed by atoms with Crippen LogP contribution in [-0.4, -0.2) is 22.7 Å². The number of carbonyl (C=O) groups is 2. The minimum absolute atomic E-state index is 0.0441. The van der Waals surface area contributed by atoms with Gasteiger partial charge >= 0.3 is 0 Å². The lowest BCUT2D eigenvalue weighted by molar-refractivity contribution is -0.122. The van der Waals surface area contributed by atoms with Gasteiger partial charge < -0.3 is 5.32 Å². The third kappa shape index (κ3) is 3.60. The summed E-state index contributed by atoms with van der Waals surface area (Å²) in [7, 11) is 0. The maximum absolute atomic E-state index is 12.9. The van der Waals surface area contributed by atoms with Gasteiger partial charge in [0.1, 0.15) is 5.82 Å². The number of carbonyl (C=O) groups excluding carboxylic acids is 2. The van der Waals surface area contributed by atoms with Crippen LogP contribution in [0.4, 0.5) is 14.9 Å². The molecule has 2 aromatic rings. The molecule has 1 heterocycles. The van der Waals surface area contributed by atoms with E-state index in [-0.39, 0.29) is 23.6 Å². The average molecular weight is 328 g/mol. The zero-order valence-electron chi connectivity index (χ0n) is 12.0. The molecule has 1 saturated heterocycles. The van der Waals surface area contributed by atoms with E-state index in [1.165, 1.54) is 12.1 Å². The molecule has 0 aromatic heterocycles. The molecule has 0 bridgehead atoms. The Hall–Kier alpha value is -2.60. The molecule has 1 fully saturated rings. The molecule has 1 aliphatic heterocycles. The molecule has 1 N–H and O–H groups in total. The van der Waals surface area contributed by atoms with E-state index in [1.807, 2.05) is 30.3 Å². The van der Waals surface area contributed by atoms with Crippen molar-refractivity contribution >= 4 is 34.7 Å². The first kappa shape index (κ1) is 15.3. The van der Waals surface area contributed by atoms with Crippen LogP contribution in [-0.2, 0) is 4.79 Å². The predicted molar refractivity (Wildman–Crippen MR) is 89.1 cm³/mol. The van der Waals surface area contributed by atoms with E-state index in [1.54, 1.807) is 18.2 Å². The van der Waals surface area contributed by atoms with Crippen LogP contribution in [0.3, 0.4) is 0 Å². The molecule has 3 rings (SSSR count). The van der Waals surface area contributed by atoms with Crippen LogP contribution in [0, 0.1) is 5.82 Å². The van der Waals surface area contributed by atoms with Crippen molar-refractivity contribution < 1.29 is 14.0 Å². The summed E-state index contributed by atoms with van der Waals surface area (Å²) in [6.45, 7) is 0.0441. The number of rotatable bonds is 4. The van der Waals surface area contributed by atoms with Gasteiger partial charge in [0.2, 0.25) is 0 Å². The topological polar surface area (TPSA) is 49.4 Å². The first-order valence-corrected chi connectivity index (χ1v) is 7.75. The van der Waals surface area contributed by atoms with E-state index in [0.29, 0.717) is 10.6 Å². The molecule has 0 atom stereocenters. The van der Waals surface area contributed by atoms with Gasteiger partial charge in [-0.2, -0.15) is 0 Å². The molecule has 2 amide bonds. The minimum atomic E-state index is -0.340. The third-order valence-electron chi connectivity index (χ3n) is 3.26. The fraction of sp³-hybridized carbons (Fsp3) is 0.0588. The molecule has 116 valence electrons. The number of hydrogen-bond donors (Lipinski definition) is 1.